The van der Waals surface area contributed by atoms with Crippen LogP contribution in [0.4, 0.5) is 0 Å². The first-order chi connectivity index (χ1) is 12.5. The fourth-order valence-corrected chi connectivity index (χ4v) is 4.56. The molecule has 1 amide bonds. The van der Waals surface area contributed by atoms with Crippen molar-refractivity contribution in [3.8, 4) is 0 Å². The highest BCUT2D eigenvalue weighted by Crippen LogP contribution is 2.26. The largest absolute Gasteiger partial charge is 0.374 e. The summed E-state index contributed by atoms with van der Waals surface area (Å²) in [7, 11) is 0. The summed E-state index contributed by atoms with van der Waals surface area (Å²) in [6, 6.07) is 7.75. The second-order valence-corrected chi connectivity index (χ2v) is 8.68. The molecule has 1 fully saturated rings. The normalized spacial score (nSPS) is 19.5. The first-order valence-corrected chi connectivity index (χ1v) is 10.6. The van der Waals surface area contributed by atoms with Gasteiger partial charge in [-0.2, -0.15) is 0 Å². The predicted octanol–water partition coefficient (Wildman–Crippen LogP) is 4.45. The maximum Gasteiger partial charge on any atom is 0.251 e. The van der Waals surface area contributed by atoms with Gasteiger partial charge in [-0.3, -0.25) is 4.79 Å². The van der Waals surface area contributed by atoms with Gasteiger partial charge in [0.1, 0.15) is 0 Å². The van der Waals surface area contributed by atoms with E-state index >= 15 is 0 Å². The van der Waals surface area contributed by atoms with E-state index < -0.39 is 0 Å². The number of ether oxygens (including phenoxy) is 1. The van der Waals surface area contributed by atoms with Crippen LogP contribution in [0.2, 0.25) is 0 Å². The van der Waals surface area contributed by atoms with Crippen LogP contribution in [0.15, 0.2) is 46.7 Å². The quantitative estimate of drug-likeness (QED) is 0.562. The number of aryl methyl sites for hydroxylation is 1. The van der Waals surface area contributed by atoms with Gasteiger partial charge in [-0.1, -0.05) is 12.2 Å². The zero-order chi connectivity index (χ0) is 18.5. The van der Waals surface area contributed by atoms with Crippen LogP contribution in [-0.2, 0) is 10.5 Å². The molecule has 3 rings (SSSR count). The maximum atomic E-state index is 12.4. The first kappa shape index (κ1) is 19.1. The molecule has 0 aliphatic carbocycles. The number of rotatable bonds is 7. The molecule has 1 N–H and O–H groups in total. The van der Waals surface area contributed by atoms with E-state index in [-0.39, 0.29) is 12.0 Å². The number of thiazole rings is 1. The van der Waals surface area contributed by atoms with Crippen molar-refractivity contribution in [1.29, 1.82) is 0 Å². The highest BCUT2D eigenvalue weighted by atomic mass is 32.2. The molecule has 1 aromatic carbocycles. The minimum absolute atomic E-state index is 0.0379. The van der Waals surface area contributed by atoms with Crippen molar-refractivity contribution in [1.82, 2.24) is 10.3 Å². The number of carbonyl (C=O) groups is 1. The van der Waals surface area contributed by atoms with E-state index in [1.54, 1.807) is 23.1 Å². The van der Waals surface area contributed by atoms with Crippen molar-refractivity contribution in [2.75, 3.05) is 13.2 Å². The van der Waals surface area contributed by atoms with Crippen molar-refractivity contribution in [3.05, 3.63) is 58.1 Å². The fourth-order valence-electron chi connectivity index (χ4n) is 3.05. The summed E-state index contributed by atoms with van der Waals surface area (Å²) < 4.78 is 5.69. The molecule has 0 radical (unpaired) electrons. The van der Waals surface area contributed by atoms with Crippen LogP contribution in [0.3, 0.4) is 0 Å². The Hall–Kier alpha value is -1.63. The lowest BCUT2D eigenvalue weighted by molar-refractivity contribution is 0.0925. The molecule has 1 aliphatic heterocycles. The van der Waals surface area contributed by atoms with Crippen molar-refractivity contribution in [3.63, 3.8) is 0 Å². The summed E-state index contributed by atoms with van der Waals surface area (Å²) in [5, 5.41) is 6.21. The van der Waals surface area contributed by atoms with Gasteiger partial charge in [-0.25, -0.2) is 4.98 Å². The SMILES string of the molecule is C=C(C)C1OCCC1CNC(=O)c1ccc(SCc2csc(C)n2)cc1. The number of hydrogen-bond acceptors (Lipinski definition) is 5. The van der Waals surface area contributed by atoms with Crippen LogP contribution in [0.1, 0.15) is 34.4 Å². The number of aromatic nitrogens is 1. The molecule has 0 bridgehead atoms. The molecular formula is C20H24N2O2S2. The lowest BCUT2D eigenvalue weighted by Crippen LogP contribution is -2.33. The van der Waals surface area contributed by atoms with Crippen LogP contribution < -0.4 is 5.32 Å². The van der Waals surface area contributed by atoms with Gasteiger partial charge in [0.2, 0.25) is 0 Å². The van der Waals surface area contributed by atoms with Crippen LogP contribution >= 0.6 is 23.1 Å². The van der Waals surface area contributed by atoms with E-state index in [1.807, 2.05) is 38.1 Å². The van der Waals surface area contributed by atoms with Crippen LogP contribution in [0.5, 0.6) is 0 Å². The lowest BCUT2D eigenvalue weighted by Gasteiger charge is -2.19. The summed E-state index contributed by atoms with van der Waals surface area (Å²) >= 11 is 3.40. The van der Waals surface area contributed by atoms with E-state index in [1.165, 1.54) is 0 Å². The summed E-state index contributed by atoms with van der Waals surface area (Å²) in [5.74, 6) is 1.12. The third-order valence-electron chi connectivity index (χ3n) is 4.39. The molecule has 26 heavy (non-hydrogen) atoms. The first-order valence-electron chi connectivity index (χ1n) is 8.72. The van der Waals surface area contributed by atoms with Crippen molar-refractivity contribution < 1.29 is 9.53 Å². The molecule has 2 aromatic rings. The van der Waals surface area contributed by atoms with Gasteiger partial charge in [0.25, 0.3) is 5.91 Å². The van der Waals surface area contributed by atoms with Gasteiger partial charge in [0, 0.05) is 40.7 Å². The summed E-state index contributed by atoms with van der Waals surface area (Å²) in [6.07, 6.45) is 1.02. The van der Waals surface area contributed by atoms with E-state index in [0.29, 0.717) is 18.0 Å². The highest BCUT2D eigenvalue weighted by Gasteiger charge is 2.28. The fraction of sp³-hybridized carbons (Fsp3) is 0.400. The molecule has 138 valence electrons. The Kier molecular flexibility index (Phi) is 6.51. The molecule has 2 heterocycles. The maximum absolute atomic E-state index is 12.4. The summed E-state index contributed by atoms with van der Waals surface area (Å²) in [4.78, 5) is 18.0. The third-order valence-corrected chi connectivity index (χ3v) is 6.26. The number of carbonyl (C=O) groups excluding carboxylic acids is 1. The molecule has 1 aromatic heterocycles. The Morgan fingerprint density at radius 1 is 1.42 bits per heavy atom. The smallest absolute Gasteiger partial charge is 0.251 e. The Labute approximate surface area is 163 Å². The number of nitrogens with zero attached hydrogens (tertiary/aromatic N) is 1. The van der Waals surface area contributed by atoms with Crippen LogP contribution in [0, 0.1) is 12.8 Å². The van der Waals surface area contributed by atoms with Gasteiger partial charge >= 0.3 is 0 Å². The third kappa shape index (κ3) is 4.96. The Balaban J connectivity index is 1.49. The number of hydrogen-bond donors (Lipinski definition) is 1. The number of thioether (sulfide) groups is 1. The standard InChI is InChI=1S/C20H24N2O2S2/c1-13(2)19-16(8-9-24-19)10-21-20(23)15-4-6-18(7-5-15)26-12-17-11-25-14(3)22-17/h4-7,11,16,19H,1,8-10,12H2,2-3H3,(H,21,23). The van der Waals surface area contributed by atoms with E-state index in [2.05, 4.69) is 22.3 Å². The van der Waals surface area contributed by atoms with Gasteiger partial charge in [0.15, 0.2) is 0 Å². The van der Waals surface area contributed by atoms with E-state index in [4.69, 9.17) is 4.74 Å². The average Bonchev–Trinajstić information content (AvgIpc) is 3.27. The van der Waals surface area contributed by atoms with Crippen LogP contribution in [0.25, 0.3) is 0 Å². The minimum atomic E-state index is -0.0379. The predicted molar refractivity (Wildman–Crippen MR) is 108 cm³/mol. The topological polar surface area (TPSA) is 51.2 Å². The monoisotopic (exact) mass is 388 g/mol. The Morgan fingerprint density at radius 3 is 2.85 bits per heavy atom. The molecule has 4 nitrogen and oxygen atoms in total. The zero-order valence-electron chi connectivity index (χ0n) is 15.2. The molecule has 2 atom stereocenters. The Morgan fingerprint density at radius 2 is 2.19 bits per heavy atom. The summed E-state index contributed by atoms with van der Waals surface area (Å²) in [5.41, 5.74) is 2.81. The molecule has 1 saturated heterocycles. The summed E-state index contributed by atoms with van der Waals surface area (Å²) in [6.45, 7) is 9.34. The minimum Gasteiger partial charge on any atom is -0.374 e. The molecule has 6 heteroatoms. The average molecular weight is 389 g/mol. The Bertz CT molecular complexity index is 770. The van der Waals surface area contributed by atoms with Gasteiger partial charge < -0.3 is 10.1 Å². The van der Waals surface area contributed by atoms with Crippen LogP contribution in [-0.4, -0.2) is 30.1 Å². The number of nitrogens with one attached hydrogen (secondary N) is 1. The molecular weight excluding hydrogens is 364 g/mol. The second-order valence-electron chi connectivity index (χ2n) is 6.57. The second kappa shape index (κ2) is 8.84. The molecule has 0 spiro atoms. The van der Waals surface area contributed by atoms with Crippen molar-refractivity contribution in [2.24, 2.45) is 5.92 Å². The molecule has 1 aliphatic rings. The number of benzene rings is 1. The molecule has 0 saturated carbocycles. The number of amides is 1. The lowest BCUT2D eigenvalue weighted by atomic mass is 9.97. The van der Waals surface area contributed by atoms with Crippen molar-refractivity contribution in [2.45, 2.75) is 37.0 Å². The zero-order valence-corrected chi connectivity index (χ0v) is 16.8. The van der Waals surface area contributed by atoms with Gasteiger partial charge in [-0.15, -0.1) is 23.1 Å². The highest BCUT2D eigenvalue weighted by molar-refractivity contribution is 7.98. The van der Waals surface area contributed by atoms with Gasteiger partial charge in [-0.05, 0) is 44.5 Å². The van der Waals surface area contributed by atoms with Gasteiger partial charge in [0.05, 0.1) is 16.8 Å². The van der Waals surface area contributed by atoms with Crippen molar-refractivity contribution >= 4 is 29.0 Å². The van der Waals surface area contributed by atoms with E-state index in [0.717, 1.165) is 40.0 Å². The van der Waals surface area contributed by atoms with E-state index in [9.17, 15) is 4.79 Å². The molecule has 2 unspecified atom stereocenters.